The predicted molar refractivity (Wildman–Crippen MR) is 74.0 cm³/mol. The van der Waals surface area contributed by atoms with Crippen LogP contribution in [0.25, 0.3) is 11.0 Å². The molecule has 0 aliphatic heterocycles. The summed E-state index contributed by atoms with van der Waals surface area (Å²) < 4.78 is 5.34. The number of aliphatic hydroxyl groups is 1. The summed E-state index contributed by atoms with van der Waals surface area (Å²) in [5, 5.41) is 12.6. The maximum atomic E-state index is 12.0. The topological polar surface area (TPSA) is 62.5 Å². The summed E-state index contributed by atoms with van der Waals surface area (Å²) in [6.07, 6.45) is 3.27. The van der Waals surface area contributed by atoms with Gasteiger partial charge in [0, 0.05) is 18.5 Å². The van der Waals surface area contributed by atoms with Gasteiger partial charge in [-0.05, 0) is 24.8 Å². The van der Waals surface area contributed by atoms with Gasteiger partial charge in [-0.25, -0.2) is 0 Å². The fraction of sp³-hybridized carbons (Fsp3) is 0.400. The lowest BCUT2D eigenvalue weighted by molar-refractivity contribution is 0.0953. The number of rotatable bonds is 6. The number of carbonyl (C=O) groups is 1. The van der Waals surface area contributed by atoms with Crippen LogP contribution in [0.4, 0.5) is 0 Å². The third-order valence-corrected chi connectivity index (χ3v) is 3.20. The Morgan fingerprint density at radius 1 is 1.42 bits per heavy atom. The molecule has 1 amide bonds. The third kappa shape index (κ3) is 3.35. The van der Waals surface area contributed by atoms with E-state index in [2.05, 4.69) is 5.32 Å². The molecule has 0 aliphatic carbocycles. The van der Waals surface area contributed by atoms with Gasteiger partial charge in [0.05, 0.1) is 5.56 Å². The Morgan fingerprint density at radius 3 is 3.00 bits per heavy atom. The lowest BCUT2D eigenvalue weighted by Crippen LogP contribution is -2.24. The Labute approximate surface area is 112 Å². The van der Waals surface area contributed by atoms with Gasteiger partial charge in [0.2, 0.25) is 0 Å². The molecule has 1 atom stereocenters. The van der Waals surface area contributed by atoms with Crippen LogP contribution in [0, 0.1) is 5.92 Å². The largest absolute Gasteiger partial charge is 0.463 e. The zero-order valence-electron chi connectivity index (χ0n) is 11.1. The van der Waals surface area contributed by atoms with Gasteiger partial charge in [-0.2, -0.15) is 0 Å². The van der Waals surface area contributed by atoms with Gasteiger partial charge in [0.15, 0.2) is 0 Å². The molecule has 1 aromatic carbocycles. The van der Waals surface area contributed by atoms with Crippen LogP contribution >= 0.6 is 0 Å². The highest BCUT2D eigenvalue weighted by atomic mass is 16.3. The number of amides is 1. The summed E-state index contributed by atoms with van der Waals surface area (Å²) in [6.45, 7) is 2.80. The first-order valence-electron chi connectivity index (χ1n) is 6.57. The monoisotopic (exact) mass is 261 g/mol. The molecule has 2 aromatic rings. The molecule has 102 valence electrons. The quantitative estimate of drug-likeness (QED) is 0.786. The molecule has 1 aromatic heterocycles. The van der Waals surface area contributed by atoms with Crippen molar-refractivity contribution in [3.63, 3.8) is 0 Å². The van der Waals surface area contributed by atoms with E-state index in [0.717, 1.165) is 23.8 Å². The molecular weight excluding hydrogens is 242 g/mol. The Hall–Kier alpha value is -1.81. The second-order valence-electron chi connectivity index (χ2n) is 4.83. The smallest absolute Gasteiger partial charge is 0.255 e. The van der Waals surface area contributed by atoms with E-state index < -0.39 is 0 Å². The number of nitrogens with one attached hydrogen (secondary N) is 1. The summed E-state index contributed by atoms with van der Waals surface area (Å²) in [6, 6.07) is 7.48. The van der Waals surface area contributed by atoms with E-state index in [0.29, 0.717) is 12.1 Å². The molecule has 19 heavy (non-hydrogen) atoms. The molecule has 2 rings (SSSR count). The van der Waals surface area contributed by atoms with Crippen molar-refractivity contribution in [3.05, 3.63) is 36.1 Å². The molecule has 1 unspecified atom stereocenters. The minimum atomic E-state index is -0.110. The predicted octanol–water partition coefficient (Wildman–Crippen LogP) is 2.57. The lowest BCUT2D eigenvalue weighted by Gasteiger charge is -2.07. The summed E-state index contributed by atoms with van der Waals surface area (Å²) >= 11 is 0. The summed E-state index contributed by atoms with van der Waals surface area (Å²) in [5.74, 6) is 0.174. The summed E-state index contributed by atoms with van der Waals surface area (Å²) in [5.41, 5.74) is 1.30. The van der Waals surface area contributed by atoms with Crippen molar-refractivity contribution in [2.45, 2.75) is 19.8 Å². The highest BCUT2D eigenvalue weighted by Gasteiger charge is 2.12. The second-order valence-corrected chi connectivity index (χ2v) is 4.83. The number of para-hydroxylation sites is 1. The first-order chi connectivity index (χ1) is 9.22. The second kappa shape index (κ2) is 6.38. The molecule has 0 saturated heterocycles. The fourth-order valence-electron chi connectivity index (χ4n) is 1.99. The van der Waals surface area contributed by atoms with E-state index >= 15 is 0 Å². The zero-order chi connectivity index (χ0) is 13.7. The van der Waals surface area contributed by atoms with Gasteiger partial charge in [-0.3, -0.25) is 4.79 Å². The van der Waals surface area contributed by atoms with Gasteiger partial charge in [-0.15, -0.1) is 0 Å². The molecule has 0 bridgehead atoms. The van der Waals surface area contributed by atoms with Crippen LogP contribution < -0.4 is 5.32 Å². The lowest BCUT2D eigenvalue weighted by atomic mass is 10.1. The van der Waals surface area contributed by atoms with Gasteiger partial charge in [0.1, 0.15) is 11.8 Å². The Bertz CT molecular complexity index is 547. The van der Waals surface area contributed by atoms with E-state index in [9.17, 15) is 4.79 Å². The molecular formula is C15H19NO3. The molecule has 0 radical (unpaired) electrons. The first-order valence-corrected chi connectivity index (χ1v) is 6.57. The van der Waals surface area contributed by atoms with Crippen molar-refractivity contribution in [3.8, 4) is 0 Å². The Balaban J connectivity index is 1.90. The van der Waals surface area contributed by atoms with Crippen LogP contribution in [0.15, 0.2) is 34.9 Å². The van der Waals surface area contributed by atoms with Crippen LogP contribution in [0.1, 0.15) is 30.1 Å². The SMILES string of the molecule is CC(CO)CCCNC(=O)c1coc2ccccc12. The number of benzene rings is 1. The van der Waals surface area contributed by atoms with Crippen LogP contribution in [0.3, 0.4) is 0 Å². The van der Waals surface area contributed by atoms with Crippen molar-refractivity contribution < 1.29 is 14.3 Å². The minimum absolute atomic E-state index is 0.110. The maximum absolute atomic E-state index is 12.0. The van der Waals surface area contributed by atoms with E-state index in [1.165, 1.54) is 6.26 Å². The summed E-state index contributed by atoms with van der Waals surface area (Å²) in [7, 11) is 0. The zero-order valence-corrected chi connectivity index (χ0v) is 11.1. The number of hydrogen-bond acceptors (Lipinski definition) is 3. The standard InChI is InChI=1S/C15H19NO3/c1-11(9-17)5-4-8-16-15(18)13-10-19-14-7-3-2-6-12(13)14/h2-3,6-7,10-11,17H,4-5,8-9H2,1H3,(H,16,18). The van der Waals surface area contributed by atoms with E-state index in [1.54, 1.807) is 0 Å². The van der Waals surface area contributed by atoms with E-state index in [1.807, 2.05) is 31.2 Å². The molecule has 0 aliphatic rings. The van der Waals surface area contributed by atoms with Crippen molar-refractivity contribution in [1.29, 1.82) is 0 Å². The number of furan rings is 1. The Kier molecular flexibility index (Phi) is 4.58. The molecule has 0 saturated carbocycles. The van der Waals surface area contributed by atoms with E-state index in [4.69, 9.17) is 9.52 Å². The highest BCUT2D eigenvalue weighted by molar-refractivity contribution is 6.05. The van der Waals surface area contributed by atoms with Gasteiger partial charge < -0.3 is 14.8 Å². The van der Waals surface area contributed by atoms with Crippen molar-refractivity contribution in [1.82, 2.24) is 5.32 Å². The minimum Gasteiger partial charge on any atom is -0.463 e. The van der Waals surface area contributed by atoms with Crippen LogP contribution in [0.5, 0.6) is 0 Å². The fourth-order valence-corrected chi connectivity index (χ4v) is 1.99. The van der Waals surface area contributed by atoms with E-state index in [-0.39, 0.29) is 18.4 Å². The average molecular weight is 261 g/mol. The van der Waals surface area contributed by atoms with Crippen molar-refractivity contribution in [2.75, 3.05) is 13.2 Å². The molecule has 0 spiro atoms. The molecule has 4 nitrogen and oxygen atoms in total. The summed E-state index contributed by atoms with van der Waals surface area (Å²) in [4.78, 5) is 12.0. The number of aliphatic hydroxyl groups excluding tert-OH is 1. The molecule has 4 heteroatoms. The highest BCUT2D eigenvalue weighted by Crippen LogP contribution is 2.20. The molecule has 0 fully saturated rings. The van der Waals surface area contributed by atoms with Crippen LogP contribution in [0.2, 0.25) is 0 Å². The van der Waals surface area contributed by atoms with Crippen molar-refractivity contribution in [2.24, 2.45) is 5.92 Å². The molecule has 2 N–H and O–H groups in total. The van der Waals surface area contributed by atoms with Crippen molar-refractivity contribution >= 4 is 16.9 Å². The third-order valence-electron chi connectivity index (χ3n) is 3.20. The Morgan fingerprint density at radius 2 is 2.21 bits per heavy atom. The normalized spacial score (nSPS) is 12.5. The van der Waals surface area contributed by atoms with Crippen LogP contribution in [-0.2, 0) is 0 Å². The van der Waals surface area contributed by atoms with Crippen LogP contribution in [-0.4, -0.2) is 24.2 Å². The number of fused-ring (bicyclic) bond motifs is 1. The van der Waals surface area contributed by atoms with Gasteiger partial charge in [0.25, 0.3) is 5.91 Å². The maximum Gasteiger partial charge on any atom is 0.255 e. The van der Waals surface area contributed by atoms with Gasteiger partial charge >= 0.3 is 0 Å². The number of hydrogen-bond donors (Lipinski definition) is 2. The number of carbonyl (C=O) groups excluding carboxylic acids is 1. The first kappa shape index (κ1) is 13.6. The van der Waals surface area contributed by atoms with Gasteiger partial charge in [-0.1, -0.05) is 25.1 Å². The molecule has 1 heterocycles. The average Bonchev–Trinajstić information content (AvgIpc) is 2.87.